The Bertz CT molecular complexity index is 581. The van der Waals surface area contributed by atoms with Crippen LogP contribution in [-0.2, 0) is 15.8 Å². The van der Waals surface area contributed by atoms with E-state index in [0.717, 1.165) is 12.1 Å². The van der Waals surface area contributed by atoms with Crippen LogP contribution in [0, 0.1) is 0 Å². The first-order valence-electron chi connectivity index (χ1n) is 6.67. The highest BCUT2D eigenvalue weighted by Gasteiger charge is 2.47. The summed E-state index contributed by atoms with van der Waals surface area (Å²) in [5.74, 6) is -1.92. The van der Waals surface area contributed by atoms with E-state index in [9.17, 15) is 22.8 Å². The van der Waals surface area contributed by atoms with Gasteiger partial charge in [-0.1, -0.05) is 18.2 Å². The normalized spacial score (nSPS) is 23.3. The number of halogens is 3. The molecule has 0 spiro atoms. The molecule has 3 nitrogen and oxygen atoms in total. The second kappa shape index (κ2) is 5.16. The smallest absolute Gasteiger partial charge is 0.330 e. The third-order valence-electron chi connectivity index (χ3n) is 3.72. The molecule has 2 unspecified atom stereocenters. The highest BCUT2D eigenvalue weighted by Crippen LogP contribution is 2.35. The summed E-state index contributed by atoms with van der Waals surface area (Å²) in [6.07, 6.45) is -4.50. The molecule has 0 radical (unpaired) electrons. The van der Waals surface area contributed by atoms with Gasteiger partial charge in [-0.05, 0) is 32.4 Å². The van der Waals surface area contributed by atoms with Gasteiger partial charge >= 0.3 is 6.18 Å². The van der Waals surface area contributed by atoms with Crippen LogP contribution in [0.15, 0.2) is 24.3 Å². The van der Waals surface area contributed by atoms with Crippen molar-refractivity contribution in [3.05, 3.63) is 35.4 Å². The van der Waals surface area contributed by atoms with Gasteiger partial charge in [-0.25, -0.2) is 0 Å². The van der Waals surface area contributed by atoms with Crippen molar-refractivity contribution in [3.8, 4) is 0 Å². The number of alkyl halides is 3. The van der Waals surface area contributed by atoms with Gasteiger partial charge in [0.25, 0.3) is 0 Å². The Morgan fingerprint density at radius 3 is 2.29 bits per heavy atom. The molecule has 1 fully saturated rings. The third kappa shape index (κ3) is 2.66. The van der Waals surface area contributed by atoms with Crippen molar-refractivity contribution in [2.75, 3.05) is 0 Å². The lowest BCUT2D eigenvalue weighted by Crippen LogP contribution is -2.38. The minimum atomic E-state index is -4.50. The van der Waals surface area contributed by atoms with E-state index in [4.69, 9.17) is 0 Å². The topological polar surface area (TPSA) is 37.4 Å². The van der Waals surface area contributed by atoms with Crippen LogP contribution in [0.4, 0.5) is 13.2 Å². The minimum absolute atomic E-state index is 0.106. The van der Waals surface area contributed by atoms with Gasteiger partial charge in [0.2, 0.25) is 5.91 Å². The number of amides is 1. The number of rotatable bonds is 2. The SMILES string of the molecule is CC(C)N1C(=O)C(c2cccc(C(F)(F)F)c2)C(=O)C1C. The Morgan fingerprint density at radius 2 is 1.81 bits per heavy atom. The predicted octanol–water partition coefficient (Wildman–Crippen LogP) is 3.00. The lowest BCUT2D eigenvalue weighted by atomic mass is 9.93. The fourth-order valence-electron chi connectivity index (χ4n) is 2.74. The molecule has 2 rings (SSSR count). The highest BCUT2D eigenvalue weighted by molar-refractivity contribution is 6.14. The molecule has 1 aromatic carbocycles. The number of hydrogen-bond acceptors (Lipinski definition) is 2. The van der Waals surface area contributed by atoms with E-state index in [0.29, 0.717) is 0 Å². The summed E-state index contributed by atoms with van der Waals surface area (Å²) in [5.41, 5.74) is -0.744. The van der Waals surface area contributed by atoms with Crippen LogP contribution in [0.2, 0.25) is 0 Å². The summed E-state index contributed by atoms with van der Waals surface area (Å²) in [7, 11) is 0. The van der Waals surface area contributed by atoms with E-state index < -0.39 is 29.6 Å². The van der Waals surface area contributed by atoms with E-state index in [1.807, 2.05) is 0 Å². The number of Topliss-reactive ketones (excluding diaryl/α,β-unsaturated/α-hetero) is 1. The fourth-order valence-corrected chi connectivity index (χ4v) is 2.74. The zero-order valence-electron chi connectivity index (χ0n) is 11.9. The molecule has 1 saturated heterocycles. The molecule has 1 aromatic rings. The molecule has 0 saturated carbocycles. The van der Waals surface area contributed by atoms with Crippen molar-refractivity contribution in [2.45, 2.75) is 44.9 Å². The number of carbonyl (C=O) groups excluding carboxylic acids is 2. The zero-order chi connectivity index (χ0) is 15.9. The lowest BCUT2D eigenvalue weighted by Gasteiger charge is -2.24. The van der Waals surface area contributed by atoms with E-state index in [1.54, 1.807) is 20.8 Å². The summed E-state index contributed by atoms with van der Waals surface area (Å²) >= 11 is 0. The molecular weight excluding hydrogens is 283 g/mol. The second-order valence-electron chi connectivity index (χ2n) is 5.47. The average Bonchev–Trinajstić information content (AvgIpc) is 2.59. The Kier molecular flexibility index (Phi) is 3.82. The monoisotopic (exact) mass is 299 g/mol. The van der Waals surface area contributed by atoms with Crippen LogP contribution in [0.3, 0.4) is 0 Å². The van der Waals surface area contributed by atoms with Crippen molar-refractivity contribution < 1.29 is 22.8 Å². The first-order valence-corrected chi connectivity index (χ1v) is 6.67. The average molecular weight is 299 g/mol. The summed E-state index contributed by atoms with van der Waals surface area (Å²) in [6, 6.07) is 3.64. The predicted molar refractivity (Wildman–Crippen MR) is 70.6 cm³/mol. The van der Waals surface area contributed by atoms with Gasteiger partial charge in [-0.2, -0.15) is 13.2 Å². The molecule has 0 bridgehead atoms. The van der Waals surface area contributed by atoms with Crippen LogP contribution in [0.1, 0.15) is 37.8 Å². The van der Waals surface area contributed by atoms with E-state index >= 15 is 0 Å². The standard InChI is InChI=1S/C15H16F3NO2/c1-8(2)19-9(3)13(20)12(14(19)21)10-5-4-6-11(7-10)15(16,17)18/h4-9,12H,1-3H3. The first kappa shape index (κ1) is 15.5. The molecule has 114 valence electrons. The largest absolute Gasteiger partial charge is 0.416 e. The fraction of sp³-hybridized carbons (Fsp3) is 0.467. The molecule has 6 heteroatoms. The quantitative estimate of drug-likeness (QED) is 0.787. The van der Waals surface area contributed by atoms with Crippen molar-refractivity contribution in [1.82, 2.24) is 4.90 Å². The summed E-state index contributed by atoms with van der Waals surface area (Å²) in [6.45, 7) is 5.15. The van der Waals surface area contributed by atoms with Crippen LogP contribution < -0.4 is 0 Å². The van der Waals surface area contributed by atoms with Gasteiger partial charge in [-0.3, -0.25) is 9.59 Å². The van der Waals surface area contributed by atoms with E-state index in [2.05, 4.69) is 0 Å². The van der Waals surface area contributed by atoms with E-state index in [1.165, 1.54) is 17.0 Å². The molecule has 1 heterocycles. The minimum Gasteiger partial charge on any atom is -0.330 e. The number of ketones is 1. The molecule has 2 atom stereocenters. The van der Waals surface area contributed by atoms with Crippen molar-refractivity contribution in [3.63, 3.8) is 0 Å². The molecule has 1 amide bonds. The molecular formula is C15H16F3NO2. The first-order chi connectivity index (χ1) is 9.64. The number of likely N-dealkylation sites (tertiary alicyclic amines) is 1. The van der Waals surface area contributed by atoms with Crippen molar-refractivity contribution >= 4 is 11.7 Å². The molecule has 0 N–H and O–H groups in total. The van der Waals surface area contributed by atoms with Crippen molar-refractivity contribution in [1.29, 1.82) is 0 Å². The maximum atomic E-state index is 12.8. The summed E-state index contributed by atoms with van der Waals surface area (Å²) < 4.78 is 38.3. The van der Waals surface area contributed by atoms with Crippen LogP contribution in [0.25, 0.3) is 0 Å². The molecule has 21 heavy (non-hydrogen) atoms. The molecule has 0 aromatic heterocycles. The summed E-state index contributed by atoms with van der Waals surface area (Å²) in [5, 5.41) is 0. The van der Waals surface area contributed by atoms with Crippen LogP contribution in [0.5, 0.6) is 0 Å². The van der Waals surface area contributed by atoms with Crippen LogP contribution >= 0.6 is 0 Å². The number of hydrogen-bond donors (Lipinski definition) is 0. The third-order valence-corrected chi connectivity index (χ3v) is 3.72. The Balaban J connectivity index is 2.43. The maximum absolute atomic E-state index is 12.8. The summed E-state index contributed by atoms with van der Waals surface area (Å²) in [4.78, 5) is 26.0. The van der Waals surface area contributed by atoms with Crippen molar-refractivity contribution in [2.24, 2.45) is 0 Å². The Morgan fingerprint density at radius 1 is 1.19 bits per heavy atom. The Labute approximate surface area is 120 Å². The van der Waals surface area contributed by atoms with E-state index in [-0.39, 0.29) is 17.4 Å². The number of nitrogens with zero attached hydrogens (tertiary/aromatic N) is 1. The Hall–Kier alpha value is -1.85. The number of carbonyl (C=O) groups is 2. The maximum Gasteiger partial charge on any atom is 0.416 e. The molecule has 1 aliphatic heterocycles. The van der Waals surface area contributed by atoms with Gasteiger partial charge in [0.05, 0.1) is 11.6 Å². The van der Waals surface area contributed by atoms with Gasteiger partial charge in [0.1, 0.15) is 5.92 Å². The highest BCUT2D eigenvalue weighted by atomic mass is 19.4. The zero-order valence-corrected chi connectivity index (χ0v) is 11.9. The second-order valence-corrected chi connectivity index (χ2v) is 5.47. The van der Waals surface area contributed by atoms with Crippen LogP contribution in [-0.4, -0.2) is 28.7 Å². The molecule has 1 aliphatic rings. The van der Waals surface area contributed by atoms with Gasteiger partial charge in [0, 0.05) is 6.04 Å². The van der Waals surface area contributed by atoms with Gasteiger partial charge in [0.15, 0.2) is 5.78 Å². The molecule has 0 aliphatic carbocycles. The van der Waals surface area contributed by atoms with Gasteiger partial charge in [-0.15, -0.1) is 0 Å². The van der Waals surface area contributed by atoms with Gasteiger partial charge < -0.3 is 4.90 Å². The lowest BCUT2D eigenvalue weighted by molar-refractivity contribution is -0.138. The number of benzene rings is 1.